The zero-order valence-electron chi connectivity index (χ0n) is 11.1. The molecule has 0 aliphatic heterocycles. The largest absolute Gasteiger partial charge is 0.270 e. The maximum Gasteiger partial charge on any atom is 0.270 e. The van der Waals surface area contributed by atoms with Gasteiger partial charge in [-0.25, -0.2) is 8.42 Å². The summed E-state index contributed by atoms with van der Waals surface area (Å²) < 4.78 is 22.6. The fraction of sp³-hybridized carbons (Fsp3) is 0.0714. The molecule has 0 bridgehead atoms. The van der Waals surface area contributed by atoms with Crippen LogP contribution in [0.2, 0.25) is 0 Å². The molecule has 0 spiro atoms. The third kappa shape index (κ3) is 3.96. The molecule has 0 aliphatic rings. The molecule has 0 saturated heterocycles. The van der Waals surface area contributed by atoms with Crippen molar-refractivity contribution in [1.82, 2.24) is 0 Å². The zero-order valence-corrected chi connectivity index (χ0v) is 11.9. The van der Waals surface area contributed by atoms with Gasteiger partial charge in [0.25, 0.3) is 5.69 Å². The Morgan fingerprint density at radius 2 is 1.81 bits per heavy atom. The van der Waals surface area contributed by atoms with E-state index in [1.807, 2.05) is 0 Å². The Morgan fingerprint density at radius 1 is 1.14 bits per heavy atom. The van der Waals surface area contributed by atoms with E-state index in [0.29, 0.717) is 11.3 Å². The standard InChI is InChI=1S/C14H12N2O4S/c1-21(19,20)14-7-5-12(6-8-14)15-10-11-3-2-4-13(9-11)16(17)18/h2-10H,1H3/b15-10-. The molecular weight excluding hydrogens is 292 g/mol. The maximum absolute atomic E-state index is 11.3. The smallest absolute Gasteiger partial charge is 0.258 e. The number of hydrogen-bond donors (Lipinski definition) is 0. The summed E-state index contributed by atoms with van der Waals surface area (Å²) in [6.45, 7) is 0. The van der Waals surface area contributed by atoms with Crippen molar-refractivity contribution in [3.05, 3.63) is 64.2 Å². The molecule has 2 aromatic carbocycles. The Labute approximate surface area is 121 Å². The SMILES string of the molecule is CS(=O)(=O)c1ccc(/N=C\c2cccc([N+](=O)[O-])c2)cc1. The first kappa shape index (κ1) is 14.9. The lowest BCUT2D eigenvalue weighted by molar-refractivity contribution is -0.384. The van der Waals surface area contributed by atoms with Crippen LogP contribution in [0.4, 0.5) is 11.4 Å². The quantitative estimate of drug-likeness (QED) is 0.493. The molecule has 7 heteroatoms. The minimum Gasteiger partial charge on any atom is -0.258 e. The lowest BCUT2D eigenvalue weighted by Crippen LogP contribution is -1.95. The van der Waals surface area contributed by atoms with Crippen LogP contribution in [0.3, 0.4) is 0 Å². The minimum atomic E-state index is -3.23. The van der Waals surface area contributed by atoms with Gasteiger partial charge in [0.1, 0.15) is 0 Å². The summed E-state index contributed by atoms with van der Waals surface area (Å²) >= 11 is 0. The molecule has 2 aromatic rings. The van der Waals surface area contributed by atoms with Gasteiger partial charge in [-0.05, 0) is 29.8 Å². The van der Waals surface area contributed by atoms with Gasteiger partial charge < -0.3 is 0 Å². The molecule has 0 radical (unpaired) electrons. The second-order valence-electron chi connectivity index (χ2n) is 4.38. The van der Waals surface area contributed by atoms with Crippen LogP contribution >= 0.6 is 0 Å². The van der Waals surface area contributed by atoms with Crippen molar-refractivity contribution in [3.8, 4) is 0 Å². The highest BCUT2D eigenvalue weighted by molar-refractivity contribution is 7.90. The minimum absolute atomic E-state index is 0.00799. The molecule has 6 nitrogen and oxygen atoms in total. The number of nitrogens with zero attached hydrogens (tertiary/aromatic N) is 2. The molecule has 0 amide bonds. The van der Waals surface area contributed by atoms with Crippen molar-refractivity contribution in [2.24, 2.45) is 4.99 Å². The highest BCUT2D eigenvalue weighted by Crippen LogP contribution is 2.17. The average Bonchev–Trinajstić information content (AvgIpc) is 2.45. The van der Waals surface area contributed by atoms with E-state index in [9.17, 15) is 18.5 Å². The summed E-state index contributed by atoms with van der Waals surface area (Å²) in [4.78, 5) is 14.6. The third-order valence-corrected chi connectivity index (χ3v) is 3.84. The zero-order chi connectivity index (χ0) is 15.5. The van der Waals surface area contributed by atoms with E-state index in [2.05, 4.69) is 4.99 Å². The van der Waals surface area contributed by atoms with Crippen LogP contribution in [0.1, 0.15) is 5.56 Å². The number of nitro groups is 1. The number of non-ortho nitro benzene ring substituents is 1. The van der Waals surface area contributed by atoms with Crippen LogP contribution < -0.4 is 0 Å². The Morgan fingerprint density at radius 3 is 2.38 bits per heavy atom. The van der Waals surface area contributed by atoms with Crippen LogP contribution in [0.15, 0.2) is 58.4 Å². The van der Waals surface area contributed by atoms with Crippen molar-refractivity contribution < 1.29 is 13.3 Å². The first-order chi connectivity index (χ1) is 9.86. The summed E-state index contributed by atoms with van der Waals surface area (Å²) in [6.07, 6.45) is 2.62. The second kappa shape index (κ2) is 5.84. The van der Waals surface area contributed by atoms with E-state index in [4.69, 9.17) is 0 Å². The molecule has 0 aliphatic carbocycles. The number of hydrogen-bond acceptors (Lipinski definition) is 5. The van der Waals surface area contributed by atoms with Gasteiger partial charge in [0.15, 0.2) is 9.84 Å². The first-order valence-electron chi connectivity index (χ1n) is 5.95. The van der Waals surface area contributed by atoms with Gasteiger partial charge in [-0.3, -0.25) is 15.1 Å². The van der Waals surface area contributed by atoms with Crippen LogP contribution in [0, 0.1) is 10.1 Å². The van der Waals surface area contributed by atoms with Gasteiger partial charge >= 0.3 is 0 Å². The van der Waals surface area contributed by atoms with Gasteiger partial charge in [0.05, 0.1) is 15.5 Å². The molecule has 0 atom stereocenters. The van der Waals surface area contributed by atoms with E-state index in [0.717, 1.165) is 6.26 Å². The summed E-state index contributed by atoms with van der Waals surface area (Å²) in [5.41, 5.74) is 1.15. The van der Waals surface area contributed by atoms with Gasteiger partial charge in [-0.2, -0.15) is 0 Å². The average molecular weight is 304 g/mol. The van der Waals surface area contributed by atoms with E-state index >= 15 is 0 Å². The molecule has 0 fully saturated rings. The summed E-state index contributed by atoms with van der Waals surface area (Å²) in [7, 11) is -3.23. The van der Waals surface area contributed by atoms with Crippen LogP contribution in [0.5, 0.6) is 0 Å². The van der Waals surface area contributed by atoms with Gasteiger partial charge in [-0.15, -0.1) is 0 Å². The lowest BCUT2D eigenvalue weighted by Gasteiger charge is -1.98. The summed E-state index contributed by atoms with van der Waals surface area (Å²) in [5.74, 6) is 0. The Balaban J connectivity index is 2.22. The monoisotopic (exact) mass is 304 g/mol. The fourth-order valence-corrected chi connectivity index (χ4v) is 2.28. The second-order valence-corrected chi connectivity index (χ2v) is 6.39. The molecule has 108 valence electrons. The molecule has 21 heavy (non-hydrogen) atoms. The molecule has 2 rings (SSSR count). The third-order valence-electron chi connectivity index (χ3n) is 2.71. The van der Waals surface area contributed by atoms with Gasteiger partial charge in [0.2, 0.25) is 0 Å². The van der Waals surface area contributed by atoms with Gasteiger partial charge in [0, 0.05) is 24.6 Å². The molecule has 0 unspecified atom stereocenters. The Hall–Kier alpha value is -2.54. The van der Waals surface area contributed by atoms with E-state index in [-0.39, 0.29) is 10.6 Å². The predicted molar refractivity (Wildman–Crippen MR) is 79.9 cm³/mol. The Kier molecular flexibility index (Phi) is 4.13. The molecule has 0 aromatic heterocycles. The van der Waals surface area contributed by atoms with Crippen molar-refractivity contribution in [2.75, 3.05) is 6.26 Å². The molecule has 0 N–H and O–H groups in total. The molecular formula is C14H12N2O4S. The number of aliphatic imine (C=N–C) groups is 1. The van der Waals surface area contributed by atoms with Crippen molar-refractivity contribution in [2.45, 2.75) is 4.90 Å². The van der Waals surface area contributed by atoms with Crippen LogP contribution in [-0.2, 0) is 9.84 Å². The lowest BCUT2D eigenvalue weighted by atomic mass is 10.2. The fourth-order valence-electron chi connectivity index (χ4n) is 1.65. The number of nitro benzene ring substituents is 1. The van der Waals surface area contributed by atoms with Gasteiger partial charge in [-0.1, -0.05) is 12.1 Å². The maximum atomic E-state index is 11.3. The van der Waals surface area contributed by atoms with E-state index in [1.165, 1.54) is 30.5 Å². The first-order valence-corrected chi connectivity index (χ1v) is 7.84. The van der Waals surface area contributed by atoms with E-state index < -0.39 is 14.8 Å². The summed E-state index contributed by atoms with van der Waals surface area (Å²) in [6, 6.07) is 12.2. The van der Waals surface area contributed by atoms with Crippen molar-refractivity contribution in [1.29, 1.82) is 0 Å². The number of rotatable bonds is 4. The van der Waals surface area contributed by atoms with E-state index in [1.54, 1.807) is 24.3 Å². The topological polar surface area (TPSA) is 89.6 Å². The van der Waals surface area contributed by atoms with Crippen LogP contribution in [-0.4, -0.2) is 25.8 Å². The van der Waals surface area contributed by atoms with Crippen molar-refractivity contribution in [3.63, 3.8) is 0 Å². The molecule has 0 saturated carbocycles. The summed E-state index contributed by atoms with van der Waals surface area (Å²) in [5, 5.41) is 10.7. The number of benzene rings is 2. The molecule has 0 heterocycles. The van der Waals surface area contributed by atoms with Crippen molar-refractivity contribution >= 4 is 27.4 Å². The van der Waals surface area contributed by atoms with Crippen LogP contribution in [0.25, 0.3) is 0 Å². The highest BCUT2D eigenvalue weighted by Gasteiger charge is 2.06. The Bertz CT molecular complexity index is 796. The number of sulfone groups is 1. The highest BCUT2D eigenvalue weighted by atomic mass is 32.2. The predicted octanol–water partition coefficient (Wildman–Crippen LogP) is 2.75. The normalized spacial score (nSPS) is 11.7.